The number of hydrogen-bond donors (Lipinski definition) is 0. The van der Waals surface area contributed by atoms with Crippen LogP contribution in [0.5, 0.6) is 5.75 Å². The van der Waals surface area contributed by atoms with Crippen molar-refractivity contribution in [1.29, 1.82) is 0 Å². The smallest absolute Gasteiger partial charge is 0.387 e. The molecule has 2 heterocycles. The molecule has 0 saturated carbocycles. The van der Waals surface area contributed by atoms with E-state index in [1.807, 2.05) is 30.3 Å². The Labute approximate surface area is 190 Å². The normalized spacial score (nSPS) is 24.7. The van der Waals surface area contributed by atoms with E-state index in [1.54, 1.807) is 23.2 Å². The maximum atomic E-state index is 13.5. The first kappa shape index (κ1) is 22.5. The van der Waals surface area contributed by atoms with Crippen LogP contribution in [-0.2, 0) is 4.79 Å². The van der Waals surface area contributed by atoms with Crippen molar-refractivity contribution in [1.82, 2.24) is 10.0 Å². The maximum Gasteiger partial charge on any atom is 0.387 e. The number of para-hydroxylation sites is 1. The van der Waals surface area contributed by atoms with Gasteiger partial charge in [-0.25, -0.2) is 15.0 Å². The standard InChI is InChI=1S/C24H25F2N3O2S/c1-16-7-6-8-17(2)28(16)29-22(30)21(32-24(29)27-19-9-4-3-5-10-19)15-18-11-13-20(14-12-18)31-23(25)26/h3-5,9-17,23H,6-8H2,1-2H3/b21-15+,27-24?/t16-,17+. The fraction of sp³-hybridized carbons (Fsp3) is 0.333. The van der Waals surface area contributed by atoms with E-state index in [0.29, 0.717) is 10.1 Å². The van der Waals surface area contributed by atoms with Gasteiger partial charge in [0, 0.05) is 12.1 Å². The highest BCUT2D eigenvalue weighted by Crippen LogP contribution is 2.38. The van der Waals surface area contributed by atoms with Crippen molar-refractivity contribution < 1.29 is 18.3 Å². The third-order valence-corrected chi connectivity index (χ3v) is 6.51. The molecule has 2 aliphatic heterocycles. The van der Waals surface area contributed by atoms with Gasteiger partial charge in [-0.15, -0.1) is 0 Å². The Hall–Kier alpha value is -2.71. The molecule has 8 heteroatoms. The van der Waals surface area contributed by atoms with Crippen LogP contribution in [0.3, 0.4) is 0 Å². The number of ether oxygens (including phenoxy) is 1. The molecule has 2 saturated heterocycles. The van der Waals surface area contributed by atoms with Gasteiger partial charge in [0.05, 0.1) is 10.6 Å². The minimum Gasteiger partial charge on any atom is -0.435 e. The number of amidine groups is 1. The molecule has 4 rings (SSSR count). The van der Waals surface area contributed by atoms with Crippen LogP contribution >= 0.6 is 11.8 Å². The van der Waals surface area contributed by atoms with E-state index in [4.69, 9.17) is 4.99 Å². The Balaban J connectivity index is 1.67. The summed E-state index contributed by atoms with van der Waals surface area (Å²) in [5.74, 6) is -0.0466. The molecular weight excluding hydrogens is 432 g/mol. The van der Waals surface area contributed by atoms with Crippen molar-refractivity contribution >= 4 is 34.6 Å². The number of hydrogen-bond acceptors (Lipinski definition) is 5. The lowest BCUT2D eigenvalue weighted by molar-refractivity contribution is -0.142. The Kier molecular flexibility index (Phi) is 6.91. The number of benzene rings is 2. The van der Waals surface area contributed by atoms with E-state index in [1.165, 1.54) is 23.9 Å². The van der Waals surface area contributed by atoms with Crippen LogP contribution in [0.4, 0.5) is 14.5 Å². The van der Waals surface area contributed by atoms with Crippen LogP contribution in [0.15, 0.2) is 64.5 Å². The molecular formula is C24H25F2N3O2S. The molecule has 0 unspecified atom stereocenters. The zero-order valence-electron chi connectivity index (χ0n) is 17.9. The van der Waals surface area contributed by atoms with Gasteiger partial charge in [0.2, 0.25) is 0 Å². The zero-order chi connectivity index (χ0) is 22.7. The van der Waals surface area contributed by atoms with E-state index in [2.05, 4.69) is 23.6 Å². The number of thioether (sulfide) groups is 1. The fourth-order valence-corrected chi connectivity index (χ4v) is 5.03. The lowest BCUT2D eigenvalue weighted by Gasteiger charge is -2.43. The number of hydrazine groups is 1. The fourth-order valence-electron chi connectivity index (χ4n) is 4.05. The predicted octanol–water partition coefficient (Wildman–Crippen LogP) is 6.07. The summed E-state index contributed by atoms with van der Waals surface area (Å²) in [6, 6.07) is 16.2. The second kappa shape index (κ2) is 9.83. The first-order valence-corrected chi connectivity index (χ1v) is 11.4. The summed E-state index contributed by atoms with van der Waals surface area (Å²) in [7, 11) is 0. The van der Waals surface area contributed by atoms with Crippen molar-refractivity contribution in [2.75, 3.05) is 0 Å². The molecule has 0 radical (unpaired) electrons. The minimum absolute atomic E-state index is 0.0801. The second-order valence-corrected chi connectivity index (χ2v) is 8.92. The largest absolute Gasteiger partial charge is 0.435 e. The Morgan fingerprint density at radius 3 is 2.34 bits per heavy atom. The lowest BCUT2D eigenvalue weighted by atomic mass is 9.99. The van der Waals surface area contributed by atoms with Gasteiger partial charge < -0.3 is 4.74 Å². The average molecular weight is 458 g/mol. The molecule has 32 heavy (non-hydrogen) atoms. The number of rotatable bonds is 5. The van der Waals surface area contributed by atoms with Crippen LogP contribution < -0.4 is 4.74 Å². The number of alkyl halides is 2. The number of carbonyl (C=O) groups is 1. The maximum absolute atomic E-state index is 13.5. The van der Waals surface area contributed by atoms with Crippen molar-refractivity contribution in [3.05, 3.63) is 65.1 Å². The van der Waals surface area contributed by atoms with E-state index >= 15 is 0 Å². The van der Waals surface area contributed by atoms with Gasteiger partial charge in [-0.2, -0.15) is 8.78 Å². The van der Waals surface area contributed by atoms with Crippen LogP contribution in [0.2, 0.25) is 0 Å². The Morgan fingerprint density at radius 1 is 1.06 bits per heavy atom. The van der Waals surface area contributed by atoms with Gasteiger partial charge >= 0.3 is 6.61 Å². The molecule has 5 nitrogen and oxygen atoms in total. The topological polar surface area (TPSA) is 45.1 Å². The minimum atomic E-state index is -2.87. The van der Waals surface area contributed by atoms with E-state index in [9.17, 15) is 13.6 Å². The summed E-state index contributed by atoms with van der Waals surface area (Å²) in [5.41, 5.74) is 1.50. The number of nitrogens with zero attached hydrogens (tertiary/aromatic N) is 3. The number of aliphatic imine (C=N–C) groups is 1. The zero-order valence-corrected chi connectivity index (χ0v) is 18.8. The molecule has 1 amide bonds. The summed E-state index contributed by atoms with van der Waals surface area (Å²) in [4.78, 5) is 18.8. The van der Waals surface area contributed by atoms with Crippen molar-refractivity contribution in [3.8, 4) is 5.75 Å². The van der Waals surface area contributed by atoms with Gasteiger partial charge in [0.1, 0.15) is 5.75 Å². The summed E-state index contributed by atoms with van der Waals surface area (Å²) >= 11 is 1.32. The molecule has 0 bridgehead atoms. The molecule has 0 spiro atoms. The molecule has 0 N–H and O–H groups in total. The molecule has 2 atom stereocenters. The van der Waals surface area contributed by atoms with Gasteiger partial charge in [0.15, 0.2) is 5.17 Å². The molecule has 0 aliphatic carbocycles. The SMILES string of the molecule is C[C@@H]1CCC[C@H](C)N1N1C(=O)/C(=C\c2ccc(OC(F)F)cc2)SC1=Nc1ccccc1. The molecule has 168 valence electrons. The van der Waals surface area contributed by atoms with Crippen LogP contribution in [0.1, 0.15) is 38.7 Å². The monoisotopic (exact) mass is 457 g/mol. The Morgan fingerprint density at radius 2 is 1.72 bits per heavy atom. The van der Waals surface area contributed by atoms with Crippen LogP contribution in [0.25, 0.3) is 6.08 Å². The third-order valence-electron chi connectivity index (χ3n) is 5.55. The van der Waals surface area contributed by atoms with Crippen LogP contribution in [0, 0.1) is 0 Å². The molecule has 0 aromatic heterocycles. The average Bonchev–Trinajstić information content (AvgIpc) is 3.05. The lowest BCUT2D eigenvalue weighted by Crippen LogP contribution is -2.56. The molecule has 2 fully saturated rings. The highest BCUT2D eigenvalue weighted by molar-refractivity contribution is 8.18. The highest BCUT2D eigenvalue weighted by atomic mass is 32.2. The number of amides is 1. The molecule has 2 aromatic carbocycles. The highest BCUT2D eigenvalue weighted by Gasteiger charge is 2.42. The number of halogens is 2. The van der Waals surface area contributed by atoms with Gasteiger partial charge in [-0.05, 0) is 74.4 Å². The summed E-state index contributed by atoms with van der Waals surface area (Å²) < 4.78 is 29.2. The second-order valence-electron chi connectivity index (χ2n) is 7.91. The number of carbonyl (C=O) groups excluding carboxylic acids is 1. The molecule has 2 aliphatic rings. The predicted molar refractivity (Wildman–Crippen MR) is 124 cm³/mol. The number of piperidine rings is 1. The van der Waals surface area contributed by atoms with Gasteiger partial charge in [-0.1, -0.05) is 36.8 Å². The first-order valence-electron chi connectivity index (χ1n) is 10.6. The van der Waals surface area contributed by atoms with Gasteiger partial charge in [-0.3, -0.25) is 4.79 Å². The van der Waals surface area contributed by atoms with Crippen molar-refractivity contribution in [3.63, 3.8) is 0 Å². The Bertz CT molecular complexity index is 1000. The van der Waals surface area contributed by atoms with Crippen molar-refractivity contribution in [2.45, 2.75) is 51.8 Å². The quantitative estimate of drug-likeness (QED) is 0.511. The third kappa shape index (κ3) is 5.02. The summed E-state index contributed by atoms with van der Waals surface area (Å²) in [5, 5.41) is 4.47. The van der Waals surface area contributed by atoms with Crippen LogP contribution in [-0.4, -0.2) is 39.8 Å². The summed E-state index contributed by atoms with van der Waals surface area (Å²) in [6.45, 7) is 1.40. The van der Waals surface area contributed by atoms with E-state index in [0.717, 1.165) is 30.5 Å². The van der Waals surface area contributed by atoms with Crippen molar-refractivity contribution in [2.24, 2.45) is 4.99 Å². The molecule has 2 aromatic rings. The summed E-state index contributed by atoms with van der Waals surface area (Å²) in [6.07, 6.45) is 4.93. The van der Waals surface area contributed by atoms with E-state index in [-0.39, 0.29) is 23.7 Å². The van der Waals surface area contributed by atoms with Gasteiger partial charge in [0.25, 0.3) is 5.91 Å². The van der Waals surface area contributed by atoms with E-state index < -0.39 is 6.61 Å². The first-order chi connectivity index (χ1) is 15.4.